The van der Waals surface area contributed by atoms with E-state index >= 15 is 0 Å². The van der Waals surface area contributed by atoms with Crippen LogP contribution in [0.3, 0.4) is 0 Å². The topological polar surface area (TPSA) is 25.8 Å². The Hall–Kier alpha value is -1.80. The van der Waals surface area contributed by atoms with E-state index in [9.17, 15) is 0 Å². The van der Waals surface area contributed by atoms with Gasteiger partial charge in [-0.25, -0.2) is 0 Å². The van der Waals surface area contributed by atoms with Crippen molar-refractivity contribution in [3.05, 3.63) is 65.2 Å². The molecule has 0 aromatic heterocycles. The van der Waals surface area contributed by atoms with Crippen molar-refractivity contribution in [1.82, 2.24) is 0 Å². The van der Waals surface area contributed by atoms with Crippen LogP contribution in [-0.4, -0.2) is 13.2 Å². The number of aryl methyl sites for hydroxylation is 2. The molecule has 2 aromatic carbocycles. The van der Waals surface area contributed by atoms with Gasteiger partial charge < -0.3 is 10.1 Å². The van der Waals surface area contributed by atoms with Crippen LogP contribution in [0, 0.1) is 13.8 Å². The molecule has 118 valence electrons. The van der Waals surface area contributed by atoms with Crippen molar-refractivity contribution in [2.45, 2.75) is 39.7 Å². The third-order valence-electron chi connectivity index (χ3n) is 4.03. The fraction of sp³-hybridized carbons (Fsp3) is 0.400. The van der Waals surface area contributed by atoms with Crippen LogP contribution in [0.25, 0.3) is 0 Å². The van der Waals surface area contributed by atoms with Crippen molar-refractivity contribution in [3.63, 3.8) is 0 Å². The second-order valence-electron chi connectivity index (χ2n) is 6.05. The van der Waals surface area contributed by atoms with Gasteiger partial charge in [0.2, 0.25) is 0 Å². The Morgan fingerprint density at radius 1 is 1.00 bits per heavy atom. The zero-order valence-electron chi connectivity index (χ0n) is 14.0. The fourth-order valence-corrected chi connectivity index (χ4v) is 2.65. The lowest BCUT2D eigenvalue weighted by atomic mass is 10.1. The maximum absolute atomic E-state index is 5.87. The summed E-state index contributed by atoms with van der Waals surface area (Å²) in [7, 11) is 0. The number of hydrogen-bond acceptors (Lipinski definition) is 1. The monoisotopic (exact) mass is 298 g/mol. The van der Waals surface area contributed by atoms with Crippen molar-refractivity contribution in [1.29, 1.82) is 0 Å². The van der Waals surface area contributed by atoms with Gasteiger partial charge in [-0.2, -0.15) is 0 Å². The van der Waals surface area contributed by atoms with Crippen LogP contribution in [0.15, 0.2) is 48.5 Å². The first-order valence-corrected chi connectivity index (χ1v) is 8.25. The van der Waals surface area contributed by atoms with Crippen LogP contribution in [0.5, 0.6) is 5.75 Å². The fourth-order valence-electron chi connectivity index (χ4n) is 2.65. The van der Waals surface area contributed by atoms with Crippen LogP contribution in [0.2, 0.25) is 0 Å². The lowest BCUT2D eigenvalue weighted by Crippen LogP contribution is -2.84. The first-order chi connectivity index (χ1) is 10.7. The van der Waals surface area contributed by atoms with Gasteiger partial charge in [0.25, 0.3) is 0 Å². The van der Waals surface area contributed by atoms with Gasteiger partial charge in [-0.05, 0) is 45.2 Å². The first kappa shape index (κ1) is 16.6. The first-order valence-electron chi connectivity index (χ1n) is 8.25. The Kier molecular flexibility index (Phi) is 6.47. The van der Waals surface area contributed by atoms with E-state index < -0.39 is 0 Å². The minimum Gasteiger partial charge on any atom is -0.493 e. The molecule has 0 unspecified atom stereocenters. The Bertz CT molecular complexity index is 565. The predicted octanol–water partition coefficient (Wildman–Crippen LogP) is 3.79. The van der Waals surface area contributed by atoms with Gasteiger partial charge in [0.05, 0.1) is 13.2 Å². The summed E-state index contributed by atoms with van der Waals surface area (Å²) in [5, 5.41) is 2.41. The van der Waals surface area contributed by atoms with E-state index in [1.165, 1.54) is 23.1 Å². The molecule has 2 nitrogen and oxygen atoms in total. The van der Waals surface area contributed by atoms with Crippen LogP contribution >= 0.6 is 0 Å². The molecule has 0 aliphatic rings. The van der Waals surface area contributed by atoms with Gasteiger partial charge >= 0.3 is 0 Å². The molecule has 0 bridgehead atoms. The van der Waals surface area contributed by atoms with E-state index in [2.05, 4.69) is 74.6 Å². The molecule has 0 spiro atoms. The Labute approximate surface area is 134 Å². The van der Waals surface area contributed by atoms with Crippen LogP contribution in [0.1, 0.15) is 42.5 Å². The van der Waals surface area contributed by atoms with Crippen LogP contribution < -0.4 is 10.1 Å². The summed E-state index contributed by atoms with van der Waals surface area (Å²) in [5.41, 5.74) is 3.91. The molecule has 0 saturated carbocycles. The zero-order valence-corrected chi connectivity index (χ0v) is 14.0. The van der Waals surface area contributed by atoms with E-state index in [1.54, 1.807) is 0 Å². The Balaban J connectivity index is 1.61. The largest absolute Gasteiger partial charge is 0.493 e. The molecule has 22 heavy (non-hydrogen) atoms. The smallest absolute Gasteiger partial charge is 0.122 e. The molecular weight excluding hydrogens is 270 g/mol. The Morgan fingerprint density at radius 2 is 1.77 bits per heavy atom. The van der Waals surface area contributed by atoms with Gasteiger partial charge in [0.15, 0.2) is 0 Å². The molecule has 2 aromatic rings. The summed E-state index contributed by atoms with van der Waals surface area (Å²) in [4.78, 5) is 0. The van der Waals surface area contributed by atoms with E-state index in [1.807, 2.05) is 0 Å². The normalized spacial score (nSPS) is 12.1. The van der Waals surface area contributed by atoms with Crippen molar-refractivity contribution in [3.8, 4) is 5.75 Å². The van der Waals surface area contributed by atoms with Crippen molar-refractivity contribution in [2.24, 2.45) is 0 Å². The molecule has 0 radical (unpaired) electrons. The summed E-state index contributed by atoms with van der Waals surface area (Å²) < 4.78 is 5.87. The zero-order chi connectivity index (χ0) is 15.8. The quantitative estimate of drug-likeness (QED) is 0.737. The van der Waals surface area contributed by atoms with Gasteiger partial charge in [-0.3, -0.25) is 0 Å². The minimum absolute atomic E-state index is 0.529. The number of quaternary nitrogens is 1. The van der Waals surface area contributed by atoms with Gasteiger partial charge in [-0.1, -0.05) is 48.0 Å². The highest BCUT2D eigenvalue weighted by atomic mass is 16.5. The average Bonchev–Trinajstić information content (AvgIpc) is 2.53. The highest BCUT2D eigenvalue weighted by Crippen LogP contribution is 2.18. The molecule has 0 fully saturated rings. The molecule has 0 heterocycles. The van der Waals surface area contributed by atoms with Crippen molar-refractivity contribution >= 4 is 0 Å². The molecule has 0 aliphatic carbocycles. The minimum atomic E-state index is 0.529. The SMILES string of the molecule is Cc1ccc(OCCCC[NH2+][C@@H](C)c2ccccc2)c(C)c1. The van der Waals surface area contributed by atoms with Crippen LogP contribution in [0.4, 0.5) is 0 Å². The summed E-state index contributed by atoms with van der Waals surface area (Å²) in [6.45, 7) is 8.43. The third-order valence-corrected chi connectivity index (χ3v) is 4.03. The average molecular weight is 298 g/mol. The maximum atomic E-state index is 5.87. The molecular formula is C20H28NO+. The van der Waals surface area contributed by atoms with E-state index in [4.69, 9.17) is 4.74 Å². The molecule has 2 heteroatoms. The second kappa shape index (κ2) is 8.60. The molecule has 1 atom stereocenters. The van der Waals surface area contributed by atoms with Gasteiger partial charge in [-0.15, -0.1) is 0 Å². The maximum Gasteiger partial charge on any atom is 0.122 e. The molecule has 0 aliphatic heterocycles. The molecule has 2 rings (SSSR count). The van der Waals surface area contributed by atoms with Crippen molar-refractivity contribution < 1.29 is 10.1 Å². The number of benzene rings is 2. The standard InChI is InChI=1S/C20H27NO/c1-16-11-12-20(17(2)15-16)22-14-8-7-13-21-18(3)19-9-5-4-6-10-19/h4-6,9-12,15,18,21H,7-8,13-14H2,1-3H3/p+1/t18-/m0/s1. The van der Waals surface area contributed by atoms with E-state index in [0.717, 1.165) is 25.3 Å². The van der Waals surface area contributed by atoms with Gasteiger partial charge in [0, 0.05) is 5.56 Å². The molecule has 0 amide bonds. The lowest BCUT2D eigenvalue weighted by molar-refractivity contribution is -0.693. The van der Waals surface area contributed by atoms with E-state index in [-0.39, 0.29) is 0 Å². The van der Waals surface area contributed by atoms with Crippen molar-refractivity contribution in [2.75, 3.05) is 13.2 Å². The predicted molar refractivity (Wildman–Crippen MR) is 92.3 cm³/mol. The number of rotatable bonds is 8. The molecule has 0 saturated heterocycles. The number of hydrogen-bond donors (Lipinski definition) is 1. The highest BCUT2D eigenvalue weighted by Gasteiger charge is 2.06. The number of ether oxygens (including phenoxy) is 1. The van der Waals surface area contributed by atoms with Crippen LogP contribution in [-0.2, 0) is 0 Å². The molecule has 2 N–H and O–H groups in total. The number of nitrogens with two attached hydrogens (primary N) is 1. The summed E-state index contributed by atoms with van der Waals surface area (Å²) in [6.07, 6.45) is 2.29. The summed E-state index contributed by atoms with van der Waals surface area (Å²) in [5.74, 6) is 1.02. The van der Waals surface area contributed by atoms with Gasteiger partial charge in [0.1, 0.15) is 11.8 Å². The van der Waals surface area contributed by atoms with E-state index in [0.29, 0.717) is 6.04 Å². The number of unbranched alkanes of at least 4 members (excludes halogenated alkanes) is 1. The Morgan fingerprint density at radius 3 is 2.50 bits per heavy atom. The third kappa shape index (κ3) is 5.19. The summed E-state index contributed by atoms with van der Waals surface area (Å²) >= 11 is 0. The second-order valence-corrected chi connectivity index (χ2v) is 6.05. The lowest BCUT2D eigenvalue weighted by Gasteiger charge is -2.12. The summed E-state index contributed by atoms with van der Waals surface area (Å²) in [6, 6.07) is 17.6. The highest BCUT2D eigenvalue weighted by molar-refractivity contribution is 5.35.